The van der Waals surface area contributed by atoms with Crippen LogP contribution in [-0.2, 0) is 32.1 Å². The van der Waals surface area contributed by atoms with E-state index in [2.05, 4.69) is 10.2 Å². The third-order valence-corrected chi connectivity index (χ3v) is 6.89. The van der Waals surface area contributed by atoms with Crippen molar-refractivity contribution in [2.75, 3.05) is 26.4 Å². The Labute approximate surface area is 214 Å². The zero-order chi connectivity index (χ0) is 24.8. The van der Waals surface area contributed by atoms with Crippen molar-refractivity contribution in [3.05, 3.63) is 63.6 Å². The molecule has 4 rings (SSSR count). The van der Waals surface area contributed by atoms with Gasteiger partial charge in [-0.05, 0) is 55.8 Å². The summed E-state index contributed by atoms with van der Waals surface area (Å²) >= 11 is 12.3. The first-order valence-corrected chi connectivity index (χ1v) is 12.3. The summed E-state index contributed by atoms with van der Waals surface area (Å²) in [7, 11) is 0. The molecule has 2 aliphatic rings. The van der Waals surface area contributed by atoms with Crippen molar-refractivity contribution in [3.63, 3.8) is 0 Å². The summed E-state index contributed by atoms with van der Waals surface area (Å²) in [6.45, 7) is 2.76. The summed E-state index contributed by atoms with van der Waals surface area (Å²) in [5.74, 6) is -1.01. The van der Waals surface area contributed by atoms with Crippen LogP contribution in [0, 0.1) is 0 Å². The van der Waals surface area contributed by atoms with Crippen LogP contribution in [0.1, 0.15) is 24.0 Å². The van der Waals surface area contributed by atoms with Gasteiger partial charge in [0.1, 0.15) is 31.3 Å². The number of aliphatic carboxylic acids is 1. The largest absolute Gasteiger partial charge is 0.489 e. The molecule has 2 saturated heterocycles. The molecule has 0 spiro atoms. The van der Waals surface area contributed by atoms with E-state index in [9.17, 15) is 14.7 Å². The van der Waals surface area contributed by atoms with Crippen molar-refractivity contribution < 1.29 is 28.9 Å². The van der Waals surface area contributed by atoms with E-state index in [1.165, 1.54) is 0 Å². The number of ether oxygens (including phenoxy) is 3. The Kier molecular flexibility index (Phi) is 8.86. The van der Waals surface area contributed by atoms with Crippen molar-refractivity contribution in [1.29, 1.82) is 0 Å². The van der Waals surface area contributed by atoms with Crippen molar-refractivity contribution in [2.24, 2.45) is 0 Å². The topological polar surface area (TPSA) is 97.3 Å². The maximum absolute atomic E-state index is 12.8. The van der Waals surface area contributed by atoms with Gasteiger partial charge in [0.05, 0.1) is 0 Å². The summed E-state index contributed by atoms with van der Waals surface area (Å²) in [6, 6.07) is 11.1. The van der Waals surface area contributed by atoms with Crippen molar-refractivity contribution in [1.82, 2.24) is 10.2 Å². The third-order valence-electron chi connectivity index (χ3n) is 6.19. The molecule has 35 heavy (non-hydrogen) atoms. The average molecular weight is 523 g/mol. The highest BCUT2D eigenvalue weighted by molar-refractivity contribution is 6.35. The Morgan fingerprint density at radius 2 is 1.77 bits per heavy atom. The lowest BCUT2D eigenvalue weighted by molar-refractivity contribution is -0.143. The van der Waals surface area contributed by atoms with E-state index in [4.69, 9.17) is 37.4 Å². The summed E-state index contributed by atoms with van der Waals surface area (Å²) in [4.78, 5) is 26.9. The molecule has 2 aromatic rings. The van der Waals surface area contributed by atoms with Crippen LogP contribution < -0.4 is 10.1 Å². The fourth-order valence-corrected chi connectivity index (χ4v) is 4.75. The third kappa shape index (κ3) is 6.86. The van der Waals surface area contributed by atoms with Crippen LogP contribution in [0.25, 0.3) is 0 Å². The maximum atomic E-state index is 12.8. The minimum absolute atomic E-state index is 0.0230. The highest BCUT2D eigenvalue weighted by Crippen LogP contribution is 2.26. The number of hydrogen-bond donors (Lipinski definition) is 2. The number of nitrogens with zero attached hydrogens (tertiary/aromatic N) is 1. The van der Waals surface area contributed by atoms with Gasteiger partial charge in [-0.2, -0.15) is 0 Å². The number of amides is 1. The van der Waals surface area contributed by atoms with Gasteiger partial charge in [0.2, 0.25) is 0 Å². The van der Waals surface area contributed by atoms with E-state index in [-0.39, 0.29) is 19.8 Å². The number of nitrogens with one attached hydrogen (secondary N) is 1. The van der Waals surface area contributed by atoms with Gasteiger partial charge in [0.25, 0.3) is 5.91 Å². The van der Waals surface area contributed by atoms with E-state index >= 15 is 0 Å². The lowest BCUT2D eigenvalue weighted by Gasteiger charge is -2.23. The molecule has 3 atom stereocenters. The summed E-state index contributed by atoms with van der Waals surface area (Å²) in [6.07, 6.45) is 1.13. The van der Waals surface area contributed by atoms with Crippen molar-refractivity contribution >= 4 is 35.1 Å². The van der Waals surface area contributed by atoms with Gasteiger partial charge in [0.15, 0.2) is 6.10 Å². The van der Waals surface area contributed by atoms with E-state index in [1.54, 1.807) is 42.5 Å². The second kappa shape index (κ2) is 12.1. The smallest absolute Gasteiger partial charge is 0.326 e. The van der Waals surface area contributed by atoms with Crippen LogP contribution in [0.3, 0.4) is 0 Å². The Hall–Kier alpha value is -2.36. The quantitative estimate of drug-likeness (QED) is 0.492. The fraction of sp³-hybridized carbons (Fsp3) is 0.440. The summed E-state index contributed by atoms with van der Waals surface area (Å²) in [5.41, 5.74) is 1.42. The van der Waals surface area contributed by atoms with Gasteiger partial charge >= 0.3 is 5.97 Å². The second-order valence-electron chi connectivity index (χ2n) is 8.65. The molecule has 10 heteroatoms. The molecule has 0 bridgehead atoms. The summed E-state index contributed by atoms with van der Waals surface area (Å²) in [5, 5.41) is 13.4. The predicted molar refractivity (Wildman–Crippen MR) is 131 cm³/mol. The van der Waals surface area contributed by atoms with E-state index < -0.39 is 30.1 Å². The molecule has 2 aliphatic heterocycles. The lowest BCUT2D eigenvalue weighted by Crippen LogP contribution is -2.51. The number of carbonyl (C=O) groups excluding carboxylic acids is 1. The van der Waals surface area contributed by atoms with Crippen LogP contribution in [0.4, 0.5) is 0 Å². The number of hydrogen-bond acceptors (Lipinski definition) is 6. The van der Waals surface area contributed by atoms with Crippen LogP contribution >= 0.6 is 23.2 Å². The number of carboxylic acids is 1. The molecule has 2 fully saturated rings. The Morgan fingerprint density at radius 1 is 1.09 bits per heavy atom. The number of halogens is 2. The van der Waals surface area contributed by atoms with Gasteiger partial charge in [-0.25, -0.2) is 4.79 Å². The number of rotatable bonds is 10. The Morgan fingerprint density at radius 3 is 2.43 bits per heavy atom. The van der Waals surface area contributed by atoms with Crippen molar-refractivity contribution in [3.8, 4) is 5.75 Å². The van der Waals surface area contributed by atoms with Crippen molar-refractivity contribution in [2.45, 2.75) is 44.1 Å². The molecule has 8 nitrogen and oxygen atoms in total. The minimum Gasteiger partial charge on any atom is -0.489 e. The van der Waals surface area contributed by atoms with E-state index in [0.717, 1.165) is 31.5 Å². The first kappa shape index (κ1) is 25.7. The Balaban J connectivity index is 1.32. The van der Waals surface area contributed by atoms with Gasteiger partial charge in [-0.15, -0.1) is 0 Å². The number of benzene rings is 2. The van der Waals surface area contributed by atoms with Gasteiger partial charge in [0, 0.05) is 28.6 Å². The molecule has 0 aliphatic carbocycles. The highest BCUT2D eigenvalue weighted by Gasteiger charge is 2.38. The molecule has 1 amide bonds. The molecule has 2 aromatic carbocycles. The minimum atomic E-state index is -1.12. The molecule has 2 heterocycles. The molecule has 3 unspecified atom stereocenters. The molecule has 0 aromatic heterocycles. The predicted octanol–water partition coefficient (Wildman–Crippen LogP) is 3.52. The van der Waals surface area contributed by atoms with Crippen LogP contribution in [-0.4, -0.2) is 66.6 Å². The fourth-order valence-electron chi connectivity index (χ4n) is 4.24. The van der Waals surface area contributed by atoms with E-state index in [0.29, 0.717) is 27.9 Å². The molecule has 0 saturated carbocycles. The molecular formula is C25H28Cl2N2O6. The van der Waals surface area contributed by atoms with Crippen LogP contribution in [0.5, 0.6) is 5.75 Å². The molecule has 188 valence electrons. The zero-order valence-electron chi connectivity index (χ0n) is 19.1. The second-order valence-corrected chi connectivity index (χ2v) is 9.47. The van der Waals surface area contributed by atoms with E-state index in [1.807, 2.05) is 0 Å². The van der Waals surface area contributed by atoms with Gasteiger partial charge in [-0.3, -0.25) is 4.79 Å². The summed E-state index contributed by atoms with van der Waals surface area (Å²) < 4.78 is 16.8. The highest BCUT2D eigenvalue weighted by atomic mass is 35.5. The number of carbonyl (C=O) groups is 2. The molecule has 2 N–H and O–H groups in total. The lowest BCUT2D eigenvalue weighted by atomic mass is 10.0. The number of carboxylic acid groups (broad SMARTS) is 1. The molecular weight excluding hydrogens is 495 g/mol. The van der Waals surface area contributed by atoms with Gasteiger partial charge in [-0.1, -0.05) is 41.4 Å². The van der Waals surface area contributed by atoms with Crippen LogP contribution in [0.15, 0.2) is 42.5 Å². The molecule has 0 radical (unpaired) electrons. The zero-order valence-corrected chi connectivity index (χ0v) is 20.6. The first-order valence-electron chi connectivity index (χ1n) is 11.5. The number of likely N-dealkylation sites (tertiary alicyclic amines) is 1. The first-order chi connectivity index (χ1) is 16.9. The standard InChI is InChI=1S/C25H28Cl2N2O6/c26-19-4-3-5-20(27)18(19)14-33-17-8-6-16(7-9-17)12-21(25(31)32)28-24(30)23-22(34-15-35-23)13-29-10-1-2-11-29/h3-9,21-23H,1-2,10-15H2,(H,28,30)(H,31,32). The maximum Gasteiger partial charge on any atom is 0.326 e. The average Bonchev–Trinajstić information content (AvgIpc) is 3.52. The Bertz CT molecular complexity index is 1010. The SMILES string of the molecule is O=C(O)C(Cc1ccc(OCc2c(Cl)cccc2Cl)cc1)NC(=O)C1OCOC1CN1CCCC1. The monoisotopic (exact) mass is 522 g/mol. The normalized spacial score (nSPS) is 21.1. The van der Waals surface area contributed by atoms with Crippen LogP contribution in [0.2, 0.25) is 10.0 Å². The van der Waals surface area contributed by atoms with Gasteiger partial charge < -0.3 is 29.5 Å².